The lowest BCUT2D eigenvalue weighted by atomic mass is 10.3. The topological polar surface area (TPSA) is 63.0 Å². The molecule has 5 heteroatoms. The normalized spacial score (nSPS) is 16.7. The van der Waals surface area contributed by atoms with Crippen molar-refractivity contribution < 1.29 is 9.63 Å². The minimum atomic E-state index is -0.363. The number of rotatable bonds is 0. The van der Waals surface area contributed by atoms with Crippen LogP contribution in [-0.4, -0.2) is 5.91 Å². The fourth-order valence-corrected chi connectivity index (χ4v) is 1.16. The van der Waals surface area contributed by atoms with Crippen molar-refractivity contribution in [3.8, 4) is 0 Å². The quantitative estimate of drug-likeness (QED) is 0.737. The highest BCUT2D eigenvalue weighted by molar-refractivity contribution is 5.86. The minimum absolute atomic E-state index is 0.363. The van der Waals surface area contributed by atoms with E-state index < -0.39 is 0 Å². The molecule has 0 aromatic rings. The van der Waals surface area contributed by atoms with E-state index in [1.54, 1.807) is 18.2 Å². The van der Waals surface area contributed by atoms with Crippen LogP contribution < -0.4 is 5.43 Å². The molecule has 0 saturated carbocycles. The molecule has 5 nitrogen and oxygen atoms in total. The lowest BCUT2D eigenvalue weighted by molar-refractivity contribution is -0.116. The molecule has 1 rings (SSSR count). The average Bonchev–Trinajstić information content (AvgIpc) is 2.48. The van der Waals surface area contributed by atoms with E-state index in [0.717, 1.165) is 0 Å². The maximum atomic E-state index is 11.3. The van der Waals surface area contributed by atoms with Gasteiger partial charge in [-0.25, -0.2) is 5.43 Å². The number of hydrogen-bond acceptors (Lipinski definition) is 4. The number of nitrogens with one attached hydrogen (secondary N) is 1. The summed E-state index contributed by atoms with van der Waals surface area (Å²) in [5.74, 6) is -0.363. The number of amides is 1. The summed E-state index contributed by atoms with van der Waals surface area (Å²) in [4.78, 5) is 16.0. The van der Waals surface area contributed by atoms with Crippen LogP contribution in [0.2, 0.25) is 0 Å². The highest BCUT2D eigenvalue weighted by Crippen LogP contribution is 1.90. The van der Waals surface area contributed by atoms with Crippen molar-refractivity contribution in [2.24, 2.45) is 10.5 Å². The van der Waals surface area contributed by atoms with Gasteiger partial charge in [0.15, 0.2) is 0 Å². The summed E-state index contributed by atoms with van der Waals surface area (Å²) in [6.45, 7) is 0. The molecular formula is C16H17N3O2. The summed E-state index contributed by atoms with van der Waals surface area (Å²) in [5.41, 5.74) is 2.20. The third kappa shape index (κ3) is 10.6. The summed E-state index contributed by atoms with van der Waals surface area (Å²) in [5, 5.41) is 6.67. The van der Waals surface area contributed by atoms with Crippen molar-refractivity contribution in [2.45, 2.75) is 6.42 Å². The summed E-state index contributed by atoms with van der Waals surface area (Å²) in [6.07, 6.45) is 25.7. The van der Waals surface area contributed by atoms with Crippen molar-refractivity contribution in [1.29, 1.82) is 0 Å². The van der Waals surface area contributed by atoms with Crippen molar-refractivity contribution in [3.05, 3.63) is 85.3 Å². The lowest BCUT2D eigenvalue weighted by Gasteiger charge is -1.89. The van der Waals surface area contributed by atoms with Crippen LogP contribution in [0.1, 0.15) is 6.42 Å². The Morgan fingerprint density at radius 3 is 2.19 bits per heavy atom. The van der Waals surface area contributed by atoms with E-state index in [-0.39, 0.29) is 5.91 Å². The molecule has 0 unspecified atom stereocenters. The predicted molar refractivity (Wildman–Crippen MR) is 82.7 cm³/mol. The molecule has 0 fully saturated rings. The second kappa shape index (κ2) is 12.1. The van der Waals surface area contributed by atoms with Crippen LogP contribution in [0.3, 0.4) is 0 Å². The van der Waals surface area contributed by atoms with E-state index in [0.29, 0.717) is 6.42 Å². The average molecular weight is 283 g/mol. The van der Waals surface area contributed by atoms with Crippen LogP contribution >= 0.6 is 0 Å². The van der Waals surface area contributed by atoms with Crippen LogP contribution in [0, 0.1) is 0 Å². The van der Waals surface area contributed by atoms with E-state index in [9.17, 15) is 4.79 Å². The molecule has 1 aliphatic heterocycles. The maximum absolute atomic E-state index is 11.3. The molecule has 0 radical (unpaired) electrons. The van der Waals surface area contributed by atoms with Gasteiger partial charge in [0, 0.05) is 6.08 Å². The third-order valence-corrected chi connectivity index (χ3v) is 2.07. The second-order valence-corrected chi connectivity index (χ2v) is 3.70. The number of allylic oxidation sites excluding steroid dienone is 12. The molecule has 21 heavy (non-hydrogen) atoms. The SMILES string of the molecule is O=C1C=CCC=CC=CC=CC=CC=CC=CON=NN1. The molecule has 0 bridgehead atoms. The van der Waals surface area contributed by atoms with Gasteiger partial charge in [0.05, 0.1) is 5.28 Å². The summed E-state index contributed by atoms with van der Waals surface area (Å²) >= 11 is 0. The van der Waals surface area contributed by atoms with Crippen molar-refractivity contribution in [1.82, 2.24) is 5.43 Å². The fourth-order valence-electron chi connectivity index (χ4n) is 1.16. The third-order valence-electron chi connectivity index (χ3n) is 2.07. The van der Waals surface area contributed by atoms with Gasteiger partial charge in [-0.05, 0) is 17.7 Å². The number of carbonyl (C=O) groups is 1. The summed E-state index contributed by atoms with van der Waals surface area (Å²) in [6, 6.07) is 0. The fraction of sp³-hybridized carbons (Fsp3) is 0.0625. The lowest BCUT2D eigenvalue weighted by Crippen LogP contribution is -2.12. The van der Waals surface area contributed by atoms with Gasteiger partial charge in [0.2, 0.25) is 0 Å². The molecule has 0 aromatic heterocycles. The number of nitrogens with zero attached hydrogens (tertiary/aromatic N) is 2. The number of carbonyl (C=O) groups excluding carboxylic acids is 1. The van der Waals surface area contributed by atoms with Gasteiger partial charge < -0.3 is 4.84 Å². The van der Waals surface area contributed by atoms with Crippen LogP contribution in [0.15, 0.2) is 95.8 Å². The smallest absolute Gasteiger partial charge is 0.265 e. The molecule has 1 N–H and O–H groups in total. The van der Waals surface area contributed by atoms with Crippen molar-refractivity contribution >= 4 is 5.91 Å². The highest BCUT2D eigenvalue weighted by atomic mass is 16.6. The Morgan fingerprint density at radius 1 is 0.857 bits per heavy atom. The summed E-state index contributed by atoms with van der Waals surface area (Å²) < 4.78 is 0. The van der Waals surface area contributed by atoms with E-state index in [1.165, 1.54) is 12.3 Å². The number of hydrogen-bond donors (Lipinski definition) is 1. The van der Waals surface area contributed by atoms with Crippen molar-refractivity contribution in [2.75, 3.05) is 0 Å². The largest absolute Gasteiger partial charge is 0.346 e. The zero-order valence-electron chi connectivity index (χ0n) is 11.5. The Morgan fingerprint density at radius 2 is 1.48 bits per heavy atom. The van der Waals surface area contributed by atoms with Crippen LogP contribution in [-0.2, 0) is 9.63 Å². The molecule has 0 aliphatic carbocycles. The monoisotopic (exact) mass is 283 g/mol. The first-order chi connectivity index (χ1) is 10.4. The van der Waals surface area contributed by atoms with Gasteiger partial charge in [0.25, 0.3) is 5.91 Å². The van der Waals surface area contributed by atoms with E-state index in [1.807, 2.05) is 54.7 Å². The molecule has 1 amide bonds. The molecule has 0 saturated heterocycles. The molecular weight excluding hydrogens is 266 g/mol. The Balaban J connectivity index is 2.61. The molecule has 108 valence electrons. The molecule has 0 spiro atoms. The predicted octanol–water partition coefficient (Wildman–Crippen LogP) is 3.66. The molecule has 1 heterocycles. The van der Waals surface area contributed by atoms with Crippen LogP contribution in [0.25, 0.3) is 0 Å². The van der Waals surface area contributed by atoms with E-state index >= 15 is 0 Å². The Labute approximate surface area is 124 Å². The Bertz CT molecular complexity index is 536. The zero-order chi connectivity index (χ0) is 15.0. The van der Waals surface area contributed by atoms with Crippen LogP contribution in [0.5, 0.6) is 0 Å². The van der Waals surface area contributed by atoms with Gasteiger partial charge in [-0.1, -0.05) is 66.8 Å². The van der Waals surface area contributed by atoms with Gasteiger partial charge in [-0.2, -0.15) is 0 Å². The van der Waals surface area contributed by atoms with Gasteiger partial charge in [0.1, 0.15) is 6.26 Å². The molecule has 0 aromatic carbocycles. The van der Waals surface area contributed by atoms with E-state index in [2.05, 4.69) is 15.9 Å². The first-order valence-electron chi connectivity index (χ1n) is 6.40. The molecule has 1 aliphatic rings. The van der Waals surface area contributed by atoms with Gasteiger partial charge in [-0.3, -0.25) is 4.79 Å². The Hall–Kier alpha value is -2.95. The Kier molecular flexibility index (Phi) is 9.28. The first-order valence-corrected chi connectivity index (χ1v) is 6.40. The van der Waals surface area contributed by atoms with E-state index in [4.69, 9.17) is 4.84 Å². The van der Waals surface area contributed by atoms with Gasteiger partial charge >= 0.3 is 0 Å². The minimum Gasteiger partial charge on any atom is -0.346 e. The van der Waals surface area contributed by atoms with Crippen LogP contribution in [0.4, 0.5) is 0 Å². The second-order valence-electron chi connectivity index (χ2n) is 3.70. The first kappa shape index (κ1) is 16.1. The highest BCUT2D eigenvalue weighted by Gasteiger charge is 1.89. The standard InChI is InChI=1S/C16H17N3O2/c20-16-14-12-10-8-6-4-2-1-3-5-7-9-11-13-15-21-19-18-17-16/h1-9,11-15H,10H2,(H,17,19,20). The maximum Gasteiger partial charge on any atom is 0.265 e. The van der Waals surface area contributed by atoms with Gasteiger partial charge in [-0.15, -0.1) is 0 Å². The van der Waals surface area contributed by atoms with Crippen molar-refractivity contribution in [3.63, 3.8) is 0 Å². The molecule has 0 atom stereocenters. The summed E-state index contributed by atoms with van der Waals surface area (Å²) in [7, 11) is 0. The zero-order valence-corrected chi connectivity index (χ0v) is 11.5.